The number of hydrogen-bond acceptors (Lipinski definition) is 5. The number of morpholine rings is 1. The Kier molecular flexibility index (Phi) is 6.55. The zero-order valence-corrected chi connectivity index (χ0v) is 15.5. The average molecular weight is 359 g/mol. The fourth-order valence-electron chi connectivity index (χ4n) is 2.90. The molecule has 0 bridgehead atoms. The largest absolute Gasteiger partial charge is 0.379 e. The molecule has 2 heterocycles. The van der Waals surface area contributed by atoms with E-state index in [4.69, 9.17) is 4.74 Å². The molecule has 1 saturated heterocycles. The lowest BCUT2D eigenvalue weighted by Gasteiger charge is -2.26. The van der Waals surface area contributed by atoms with Crippen molar-refractivity contribution < 1.29 is 9.53 Å². The molecule has 0 saturated carbocycles. The van der Waals surface area contributed by atoms with Crippen LogP contribution in [0.1, 0.15) is 25.9 Å². The summed E-state index contributed by atoms with van der Waals surface area (Å²) in [5, 5.41) is 4.05. The zero-order valence-electron chi connectivity index (χ0n) is 14.7. The second-order valence-electron chi connectivity index (χ2n) is 6.22. The zero-order chi connectivity index (χ0) is 17.5. The summed E-state index contributed by atoms with van der Waals surface area (Å²) in [5.74, 6) is -0.00535. The van der Waals surface area contributed by atoms with E-state index in [1.165, 1.54) is 16.9 Å². The van der Waals surface area contributed by atoms with Gasteiger partial charge in [0, 0.05) is 32.6 Å². The van der Waals surface area contributed by atoms with Crippen LogP contribution in [0, 0.1) is 6.92 Å². The number of ether oxygens (including phenoxy) is 1. The highest BCUT2D eigenvalue weighted by atomic mass is 32.1. The molecule has 0 unspecified atom stereocenters. The first-order chi connectivity index (χ1) is 12.2. The minimum atomic E-state index is -0.00535. The van der Waals surface area contributed by atoms with Gasteiger partial charge < -0.3 is 10.1 Å². The van der Waals surface area contributed by atoms with Crippen molar-refractivity contribution in [3.8, 4) is 0 Å². The number of amides is 1. The quantitative estimate of drug-likeness (QED) is 0.824. The number of carbonyl (C=O) groups is 1. The normalized spacial score (nSPS) is 15.2. The summed E-state index contributed by atoms with van der Waals surface area (Å²) in [6.45, 7) is 6.90. The molecule has 2 aromatic rings. The summed E-state index contributed by atoms with van der Waals surface area (Å²) in [6.07, 6.45) is 1.82. The number of aryl methyl sites for hydroxylation is 3. The first-order valence-electron chi connectivity index (χ1n) is 8.81. The van der Waals surface area contributed by atoms with Crippen LogP contribution in [0.2, 0.25) is 0 Å². The SMILES string of the molecule is Cc1nc(CCc2ccccc2)sc1C(=O)NCCN1CCOCC1. The minimum Gasteiger partial charge on any atom is -0.379 e. The lowest BCUT2D eigenvalue weighted by molar-refractivity contribution is 0.0383. The number of carbonyl (C=O) groups excluding carboxylic acids is 1. The maximum absolute atomic E-state index is 12.4. The molecule has 0 atom stereocenters. The monoisotopic (exact) mass is 359 g/mol. The van der Waals surface area contributed by atoms with Crippen LogP contribution in [0.3, 0.4) is 0 Å². The number of benzene rings is 1. The maximum atomic E-state index is 12.4. The van der Waals surface area contributed by atoms with E-state index < -0.39 is 0 Å². The molecule has 134 valence electrons. The van der Waals surface area contributed by atoms with Gasteiger partial charge in [-0.3, -0.25) is 9.69 Å². The predicted molar refractivity (Wildman–Crippen MR) is 100 cm³/mol. The fraction of sp³-hybridized carbons (Fsp3) is 0.474. The van der Waals surface area contributed by atoms with Gasteiger partial charge in [0.2, 0.25) is 0 Å². The van der Waals surface area contributed by atoms with Crippen molar-refractivity contribution in [3.63, 3.8) is 0 Å². The molecule has 1 aromatic heterocycles. The third-order valence-electron chi connectivity index (χ3n) is 4.33. The lowest BCUT2D eigenvalue weighted by atomic mass is 10.1. The van der Waals surface area contributed by atoms with Crippen LogP contribution in [0.4, 0.5) is 0 Å². The van der Waals surface area contributed by atoms with Gasteiger partial charge >= 0.3 is 0 Å². The summed E-state index contributed by atoms with van der Waals surface area (Å²) in [5.41, 5.74) is 2.13. The van der Waals surface area contributed by atoms with Crippen LogP contribution in [-0.4, -0.2) is 55.2 Å². The highest BCUT2D eigenvalue weighted by molar-refractivity contribution is 7.13. The lowest BCUT2D eigenvalue weighted by Crippen LogP contribution is -2.41. The molecule has 1 amide bonds. The van der Waals surface area contributed by atoms with Crippen LogP contribution in [0.15, 0.2) is 30.3 Å². The molecule has 0 aliphatic carbocycles. The molecular weight excluding hydrogens is 334 g/mol. The van der Waals surface area contributed by atoms with E-state index in [2.05, 4.69) is 39.5 Å². The van der Waals surface area contributed by atoms with E-state index in [0.717, 1.165) is 61.3 Å². The molecule has 1 fully saturated rings. The molecule has 6 heteroatoms. The van der Waals surface area contributed by atoms with E-state index in [0.29, 0.717) is 6.54 Å². The molecule has 0 radical (unpaired) electrons. The molecule has 0 spiro atoms. The van der Waals surface area contributed by atoms with Crippen molar-refractivity contribution in [2.45, 2.75) is 19.8 Å². The highest BCUT2D eigenvalue weighted by Crippen LogP contribution is 2.19. The Morgan fingerprint density at radius 1 is 1.24 bits per heavy atom. The summed E-state index contributed by atoms with van der Waals surface area (Å²) in [4.78, 5) is 20.0. The van der Waals surface area contributed by atoms with Crippen molar-refractivity contribution in [1.82, 2.24) is 15.2 Å². The van der Waals surface area contributed by atoms with Gasteiger partial charge in [0.15, 0.2) is 0 Å². The van der Waals surface area contributed by atoms with Gasteiger partial charge in [-0.05, 0) is 18.9 Å². The third kappa shape index (κ3) is 5.36. The Labute approximate surface area is 153 Å². The average Bonchev–Trinajstić information content (AvgIpc) is 3.02. The smallest absolute Gasteiger partial charge is 0.263 e. The van der Waals surface area contributed by atoms with Gasteiger partial charge in [0.25, 0.3) is 5.91 Å². The van der Waals surface area contributed by atoms with E-state index >= 15 is 0 Å². The summed E-state index contributed by atoms with van der Waals surface area (Å²) >= 11 is 1.52. The van der Waals surface area contributed by atoms with Crippen LogP contribution in [0.25, 0.3) is 0 Å². The van der Waals surface area contributed by atoms with Gasteiger partial charge in [-0.25, -0.2) is 4.98 Å². The summed E-state index contributed by atoms with van der Waals surface area (Å²) in [7, 11) is 0. The Balaban J connectivity index is 1.48. The number of hydrogen-bond donors (Lipinski definition) is 1. The van der Waals surface area contributed by atoms with Crippen LogP contribution >= 0.6 is 11.3 Å². The molecule has 1 aromatic carbocycles. The third-order valence-corrected chi connectivity index (χ3v) is 5.55. The number of nitrogens with one attached hydrogen (secondary N) is 1. The topological polar surface area (TPSA) is 54.5 Å². The first-order valence-corrected chi connectivity index (χ1v) is 9.62. The highest BCUT2D eigenvalue weighted by Gasteiger charge is 2.16. The molecule has 3 rings (SSSR count). The molecule has 5 nitrogen and oxygen atoms in total. The number of aromatic nitrogens is 1. The maximum Gasteiger partial charge on any atom is 0.263 e. The predicted octanol–water partition coefficient (Wildman–Crippen LogP) is 2.30. The Morgan fingerprint density at radius 3 is 2.76 bits per heavy atom. The van der Waals surface area contributed by atoms with Crippen molar-refractivity contribution in [1.29, 1.82) is 0 Å². The molecule has 1 aliphatic rings. The Hall–Kier alpha value is -1.76. The molecular formula is C19H25N3O2S. The van der Waals surface area contributed by atoms with Crippen LogP contribution in [0.5, 0.6) is 0 Å². The first kappa shape index (κ1) is 18.0. The Bertz CT molecular complexity index is 681. The van der Waals surface area contributed by atoms with Crippen molar-refractivity contribution in [2.75, 3.05) is 39.4 Å². The van der Waals surface area contributed by atoms with Crippen molar-refractivity contribution >= 4 is 17.2 Å². The molecule has 25 heavy (non-hydrogen) atoms. The van der Waals surface area contributed by atoms with Crippen LogP contribution in [-0.2, 0) is 17.6 Å². The molecule has 1 aliphatic heterocycles. The summed E-state index contributed by atoms with van der Waals surface area (Å²) < 4.78 is 5.33. The minimum absolute atomic E-state index is 0.00535. The van der Waals surface area contributed by atoms with Crippen LogP contribution < -0.4 is 5.32 Å². The number of rotatable bonds is 7. The summed E-state index contributed by atoms with van der Waals surface area (Å²) in [6, 6.07) is 10.4. The van der Waals surface area contributed by atoms with Gasteiger partial charge in [0.05, 0.1) is 23.9 Å². The second kappa shape index (κ2) is 9.08. The standard InChI is InChI=1S/C19H25N3O2S/c1-15-18(19(23)20-9-10-22-11-13-24-14-12-22)25-17(21-15)8-7-16-5-3-2-4-6-16/h2-6H,7-14H2,1H3,(H,20,23). The van der Waals surface area contributed by atoms with Gasteiger partial charge in [0.1, 0.15) is 4.88 Å². The second-order valence-corrected chi connectivity index (χ2v) is 7.30. The Morgan fingerprint density at radius 2 is 2.00 bits per heavy atom. The van der Waals surface area contributed by atoms with Crippen molar-refractivity contribution in [2.24, 2.45) is 0 Å². The van der Waals surface area contributed by atoms with E-state index in [9.17, 15) is 4.79 Å². The van der Waals surface area contributed by atoms with Crippen molar-refractivity contribution in [3.05, 3.63) is 51.5 Å². The fourth-order valence-corrected chi connectivity index (χ4v) is 3.88. The molecule has 1 N–H and O–H groups in total. The van der Waals surface area contributed by atoms with Gasteiger partial charge in [-0.15, -0.1) is 11.3 Å². The number of thiazole rings is 1. The van der Waals surface area contributed by atoms with Gasteiger partial charge in [-0.1, -0.05) is 30.3 Å². The van der Waals surface area contributed by atoms with E-state index in [-0.39, 0.29) is 5.91 Å². The van der Waals surface area contributed by atoms with E-state index in [1.54, 1.807) is 0 Å². The number of nitrogens with zero attached hydrogens (tertiary/aromatic N) is 2. The van der Waals surface area contributed by atoms with Gasteiger partial charge in [-0.2, -0.15) is 0 Å². The van der Waals surface area contributed by atoms with E-state index in [1.807, 2.05) is 13.0 Å².